The van der Waals surface area contributed by atoms with E-state index < -0.39 is 11.8 Å². The topological polar surface area (TPSA) is 80.2 Å². The van der Waals surface area contributed by atoms with Gasteiger partial charge < -0.3 is 5.11 Å². The average Bonchev–Trinajstić information content (AvgIpc) is 2.04. The van der Waals surface area contributed by atoms with E-state index in [1.165, 1.54) is 6.20 Å². The van der Waals surface area contributed by atoms with Gasteiger partial charge in [0.15, 0.2) is 0 Å². The molecule has 1 aromatic rings. The summed E-state index contributed by atoms with van der Waals surface area (Å²) < 4.78 is 0. The molecule has 0 saturated carbocycles. The van der Waals surface area contributed by atoms with Gasteiger partial charge in [-0.05, 0) is 6.92 Å². The van der Waals surface area contributed by atoms with E-state index in [4.69, 9.17) is 5.11 Å². The van der Waals surface area contributed by atoms with Crippen LogP contribution in [0.2, 0.25) is 0 Å². The lowest BCUT2D eigenvalue weighted by molar-refractivity contribution is -0.131. The highest BCUT2D eigenvalue weighted by Gasteiger charge is 2.15. The number of nitrogens with zero attached hydrogens (tertiary/aromatic N) is 2. The van der Waals surface area contributed by atoms with Gasteiger partial charge in [0.2, 0.25) is 0 Å². The standard InChI is InChI=1S/C7H6N2O3/c1-4-2-9-5(3-8-4)6(10)7(11)12/h2-3H,1H3,(H,11,12). The molecule has 0 fully saturated rings. The van der Waals surface area contributed by atoms with Gasteiger partial charge >= 0.3 is 5.97 Å². The first-order chi connectivity index (χ1) is 5.61. The van der Waals surface area contributed by atoms with Crippen molar-refractivity contribution in [2.45, 2.75) is 6.92 Å². The number of rotatable bonds is 2. The maximum absolute atomic E-state index is 10.8. The molecule has 0 unspecified atom stereocenters. The Kier molecular flexibility index (Phi) is 2.14. The van der Waals surface area contributed by atoms with Gasteiger partial charge in [-0.1, -0.05) is 0 Å². The van der Waals surface area contributed by atoms with E-state index in [9.17, 15) is 9.59 Å². The zero-order valence-electron chi connectivity index (χ0n) is 6.31. The van der Waals surface area contributed by atoms with Gasteiger partial charge in [0, 0.05) is 6.20 Å². The van der Waals surface area contributed by atoms with E-state index >= 15 is 0 Å². The average molecular weight is 166 g/mol. The number of aliphatic carboxylic acids is 1. The monoisotopic (exact) mass is 166 g/mol. The molecular formula is C7H6N2O3. The van der Waals surface area contributed by atoms with Gasteiger partial charge in [0.1, 0.15) is 5.69 Å². The van der Waals surface area contributed by atoms with Gasteiger partial charge in [-0.15, -0.1) is 0 Å². The summed E-state index contributed by atoms with van der Waals surface area (Å²) in [7, 11) is 0. The second-order valence-electron chi connectivity index (χ2n) is 2.18. The second-order valence-corrected chi connectivity index (χ2v) is 2.18. The third-order valence-corrected chi connectivity index (χ3v) is 1.21. The molecule has 62 valence electrons. The molecule has 0 atom stereocenters. The van der Waals surface area contributed by atoms with Crippen LogP contribution < -0.4 is 0 Å². The van der Waals surface area contributed by atoms with Gasteiger partial charge in [0.05, 0.1) is 11.9 Å². The smallest absolute Gasteiger partial charge is 0.378 e. The minimum absolute atomic E-state index is 0.145. The molecule has 1 N–H and O–H groups in total. The first-order valence-corrected chi connectivity index (χ1v) is 3.17. The van der Waals surface area contributed by atoms with E-state index in [1.807, 2.05) is 0 Å². The van der Waals surface area contributed by atoms with Gasteiger partial charge in [-0.25, -0.2) is 9.78 Å². The largest absolute Gasteiger partial charge is 0.475 e. The van der Waals surface area contributed by atoms with Crippen LogP contribution in [0.25, 0.3) is 0 Å². The van der Waals surface area contributed by atoms with Crippen LogP contribution in [0.5, 0.6) is 0 Å². The number of Topliss-reactive ketones (excluding diaryl/α,β-unsaturated/α-hetero) is 1. The summed E-state index contributed by atoms with van der Waals surface area (Å²) in [4.78, 5) is 28.3. The summed E-state index contributed by atoms with van der Waals surface area (Å²) >= 11 is 0. The number of aryl methyl sites for hydroxylation is 1. The predicted octanol–water partition coefficient (Wildman–Crippen LogP) is 0.0523. The quantitative estimate of drug-likeness (QED) is 0.496. The van der Waals surface area contributed by atoms with Crippen molar-refractivity contribution in [1.29, 1.82) is 0 Å². The molecule has 5 nitrogen and oxygen atoms in total. The Morgan fingerprint density at radius 2 is 2.00 bits per heavy atom. The van der Waals surface area contributed by atoms with Crippen LogP contribution in [0, 0.1) is 6.92 Å². The molecule has 0 amide bonds. The van der Waals surface area contributed by atoms with E-state index in [0.29, 0.717) is 5.69 Å². The highest BCUT2D eigenvalue weighted by Crippen LogP contribution is 1.95. The van der Waals surface area contributed by atoms with E-state index in [1.54, 1.807) is 6.92 Å². The van der Waals surface area contributed by atoms with Gasteiger partial charge in [-0.3, -0.25) is 9.78 Å². The molecule has 1 heterocycles. The highest BCUT2D eigenvalue weighted by molar-refractivity contribution is 6.39. The van der Waals surface area contributed by atoms with Crippen LogP contribution in [-0.2, 0) is 4.79 Å². The lowest BCUT2D eigenvalue weighted by Gasteiger charge is -1.93. The summed E-state index contributed by atoms with van der Waals surface area (Å²) in [5.74, 6) is -2.56. The Morgan fingerprint density at radius 1 is 1.33 bits per heavy atom. The molecule has 0 aromatic carbocycles. The summed E-state index contributed by atoms with van der Waals surface area (Å²) in [6.45, 7) is 1.70. The normalized spacial score (nSPS) is 9.42. The van der Waals surface area contributed by atoms with Crippen LogP contribution >= 0.6 is 0 Å². The SMILES string of the molecule is Cc1cnc(C(=O)C(=O)O)cn1. The Labute approximate surface area is 68.1 Å². The van der Waals surface area contributed by atoms with Crippen molar-refractivity contribution >= 4 is 11.8 Å². The Balaban J connectivity index is 2.98. The molecule has 0 saturated heterocycles. The van der Waals surface area contributed by atoms with E-state index in [-0.39, 0.29) is 5.69 Å². The fraction of sp³-hybridized carbons (Fsp3) is 0.143. The summed E-state index contributed by atoms with van der Waals surface area (Å²) in [6, 6.07) is 0. The Hall–Kier alpha value is -1.78. The lowest BCUT2D eigenvalue weighted by Crippen LogP contribution is -2.14. The number of carboxylic acids is 1. The molecule has 0 bridgehead atoms. The fourth-order valence-corrected chi connectivity index (χ4v) is 0.619. The number of aromatic nitrogens is 2. The number of hydrogen-bond donors (Lipinski definition) is 1. The van der Waals surface area contributed by atoms with Crippen molar-refractivity contribution in [2.24, 2.45) is 0 Å². The first kappa shape index (κ1) is 8.32. The fourth-order valence-electron chi connectivity index (χ4n) is 0.619. The van der Waals surface area contributed by atoms with Crippen LogP contribution in [0.1, 0.15) is 16.2 Å². The van der Waals surface area contributed by atoms with Crippen LogP contribution in [0.15, 0.2) is 12.4 Å². The molecule has 12 heavy (non-hydrogen) atoms. The number of carbonyl (C=O) groups excluding carboxylic acids is 1. The summed E-state index contributed by atoms with van der Waals surface area (Å²) in [5.41, 5.74) is 0.491. The minimum Gasteiger partial charge on any atom is -0.475 e. The summed E-state index contributed by atoms with van der Waals surface area (Å²) in [5, 5.41) is 8.29. The number of ketones is 1. The first-order valence-electron chi connectivity index (χ1n) is 3.17. The van der Waals surface area contributed by atoms with Crippen LogP contribution in [0.3, 0.4) is 0 Å². The second kappa shape index (κ2) is 3.08. The Bertz CT molecular complexity index is 318. The Morgan fingerprint density at radius 3 is 2.42 bits per heavy atom. The lowest BCUT2D eigenvalue weighted by atomic mass is 10.3. The van der Waals surface area contributed by atoms with E-state index in [2.05, 4.69) is 9.97 Å². The third-order valence-electron chi connectivity index (χ3n) is 1.21. The molecule has 0 aliphatic carbocycles. The molecule has 1 aromatic heterocycles. The van der Waals surface area contributed by atoms with Crippen molar-refractivity contribution in [2.75, 3.05) is 0 Å². The zero-order chi connectivity index (χ0) is 9.14. The van der Waals surface area contributed by atoms with Crippen molar-refractivity contribution in [3.05, 3.63) is 23.8 Å². The number of carbonyl (C=O) groups is 2. The van der Waals surface area contributed by atoms with Crippen LogP contribution in [-0.4, -0.2) is 26.8 Å². The molecular weight excluding hydrogens is 160 g/mol. The van der Waals surface area contributed by atoms with Crippen molar-refractivity contribution in [3.63, 3.8) is 0 Å². The van der Waals surface area contributed by atoms with Gasteiger partial charge in [0.25, 0.3) is 5.78 Å². The molecule has 0 spiro atoms. The molecule has 1 rings (SSSR count). The molecule has 5 heteroatoms. The molecule has 0 aliphatic heterocycles. The molecule has 0 aliphatic rings. The number of carboxylic acid groups (broad SMARTS) is 1. The maximum Gasteiger partial charge on any atom is 0.378 e. The minimum atomic E-state index is -1.52. The molecule has 0 radical (unpaired) electrons. The van der Waals surface area contributed by atoms with Crippen molar-refractivity contribution < 1.29 is 14.7 Å². The summed E-state index contributed by atoms with van der Waals surface area (Å²) in [6.07, 6.45) is 2.49. The van der Waals surface area contributed by atoms with Crippen LogP contribution in [0.4, 0.5) is 0 Å². The highest BCUT2D eigenvalue weighted by atomic mass is 16.4. The maximum atomic E-state index is 10.8. The van der Waals surface area contributed by atoms with Gasteiger partial charge in [-0.2, -0.15) is 0 Å². The third kappa shape index (κ3) is 1.63. The van der Waals surface area contributed by atoms with E-state index in [0.717, 1.165) is 6.20 Å². The van der Waals surface area contributed by atoms with Crippen molar-refractivity contribution in [3.8, 4) is 0 Å². The zero-order valence-corrected chi connectivity index (χ0v) is 6.31. The predicted molar refractivity (Wildman–Crippen MR) is 38.7 cm³/mol. The van der Waals surface area contributed by atoms with Crippen molar-refractivity contribution in [1.82, 2.24) is 9.97 Å². The number of hydrogen-bond acceptors (Lipinski definition) is 4.